The average molecular weight is 240 g/mol. The molecule has 0 amide bonds. The van der Waals surface area contributed by atoms with Gasteiger partial charge in [0, 0.05) is 18.2 Å². The Bertz CT molecular complexity index is 374. The lowest BCUT2D eigenvalue weighted by Gasteiger charge is -2.29. The van der Waals surface area contributed by atoms with Gasteiger partial charge in [0.15, 0.2) is 0 Å². The molecule has 0 bridgehead atoms. The van der Waals surface area contributed by atoms with E-state index in [1.807, 2.05) is 0 Å². The van der Waals surface area contributed by atoms with Gasteiger partial charge in [0.2, 0.25) is 0 Å². The van der Waals surface area contributed by atoms with Crippen LogP contribution in [0.5, 0.6) is 0 Å². The zero-order valence-electron chi connectivity index (χ0n) is 10.0. The van der Waals surface area contributed by atoms with Crippen molar-refractivity contribution in [2.75, 3.05) is 20.1 Å². The van der Waals surface area contributed by atoms with Crippen molar-refractivity contribution < 1.29 is 8.78 Å². The van der Waals surface area contributed by atoms with E-state index >= 15 is 0 Å². The Morgan fingerprint density at radius 3 is 2.71 bits per heavy atom. The summed E-state index contributed by atoms with van der Waals surface area (Å²) in [4.78, 5) is 2.28. The highest BCUT2D eigenvalue weighted by molar-refractivity contribution is 5.18. The van der Waals surface area contributed by atoms with Gasteiger partial charge >= 0.3 is 0 Å². The molecule has 4 heteroatoms. The fourth-order valence-corrected chi connectivity index (χ4v) is 2.15. The summed E-state index contributed by atoms with van der Waals surface area (Å²) in [5, 5.41) is 3.29. The Morgan fingerprint density at radius 2 is 2.00 bits per heavy atom. The van der Waals surface area contributed by atoms with E-state index in [-0.39, 0.29) is 11.6 Å². The van der Waals surface area contributed by atoms with Crippen LogP contribution in [0.2, 0.25) is 0 Å². The molecular formula is C13H18F2N2. The number of hydrogen-bond acceptors (Lipinski definition) is 2. The summed E-state index contributed by atoms with van der Waals surface area (Å²) >= 11 is 0. The fraction of sp³-hybridized carbons (Fsp3) is 0.538. The van der Waals surface area contributed by atoms with Crippen LogP contribution < -0.4 is 5.32 Å². The minimum atomic E-state index is -0.383. The predicted octanol–water partition coefficient (Wildman–Crippen LogP) is 2.15. The molecule has 94 valence electrons. The van der Waals surface area contributed by atoms with Gasteiger partial charge in [0.05, 0.1) is 0 Å². The highest BCUT2D eigenvalue weighted by Crippen LogP contribution is 2.12. The van der Waals surface area contributed by atoms with Crippen LogP contribution in [0.4, 0.5) is 8.78 Å². The maximum atomic E-state index is 13.4. The zero-order valence-corrected chi connectivity index (χ0v) is 10.0. The van der Waals surface area contributed by atoms with Crippen LogP contribution in [0.3, 0.4) is 0 Å². The molecule has 1 aromatic rings. The van der Waals surface area contributed by atoms with Gasteiger partial charge in [-0.05, 0) is 51.2 Å². The largest absolute Gasteiger partial charge is 0.310 e. The fourth-order valence-electron chi connectivity index (χ4n) is 2.15. The lowest BCUT2D eigenvalue weighted by Crippen LogP contribution is -2.40. The first kappa shape index (κ1) is 12.5. The SMILES string of the molecule is CN1CCC(NCc2cc(F)ccc2F)CC1. The van der Waals surface area contributed by atoms with Crippen LogP contribution in [-0.4, -0.2) is 31.1 Å². The number of halogens is 2. The molecule has 1 aromatic carbocycles. The molecule has 0 aliphatic carbocycles. The Labute approximate surface area is 101 Å². The predicted molar refractivity (Wildman–Crippen MR) is 63.7 cm³/mol. The molecule has 1 N–H and O–H groups in total. The Balaban J connectivity index is 1.87. The summed E-state index contributed by atoms with van der Waals surface area (Å²) in [7, 11) is 2.10. The summed E-state index contributed by atoms with van der Waals surface area (Å²) in [5.74, 6) is -0.724. The van der Waals surface area contributed by atoms with E-state index in [0.717, 1.165) is 32.0 Å². The minimum Gasteiger partial charge on any atom is -0.310 e. The molecule has 0 unspecified atom stereocenters. The maximum absolute atomic E-state index is 13.4. The summed E-state index contributed by atoms with van der Waals surface area (Å²) in [6.07, 6.45) is 2.13. The van der Waals surface area contributed by atoms with E-state index in [2.05, 4.69) is 17.3 Å². The second-order valence-corrected chi connectivity index (χ2v) is 4.69. The number of piperidine rings is 1. The van der Waals surface area contributed by atoms with Crippen LogP contribution in [0.25, 0.3) is 0 Å². The van der Waals surface area contributed by atoms with Crippen molar-refractivity contribution in [3.63, 3.8) is 0 Å². The van der Waals surface area contributed by atoms with Crippen LogP contribution in [-0.2, 0) is 6.54 Å². The number of hydrogen-bond donors (Lipinski definition) is 1. The van der Waals surface area contributed by atoms with Crippen molar-refractivity contribution in [1.29, 1.82) is 0 Å². The number of nitrogens with zero attached hydrogens (tertiary/aromatic N) is 1. The summed E-state index contributed by atoms with van der Waals surface area (Å²) < 4.78 is 26.3. The summed E-state index contributed by atoms with van der Waals surface area (Å²) in [5.41, 5.74) is 0.406. The molecule has 0 saturated carbocycles. The van der Waals surface area contributed by atoms with Crippen molar-refractivity contribution in [3.8, 4) is 0 Å². The molecule has 1 aliphatic heterocycles. The van der Waals surface area contributed by atoms with E-state index in [4.69, 9.17) is 0 Å². The van der Waals surface area contributed by atoms with Crippen molar-refractivity contribution in [2.45, 2.75) is 25.4 Å². The van der Waals surface area contributed by atoms with Crippen LogP contribution in [0.15, 0.2) is 18.2 Å². The molecule has 0 atom stereocenters. The van der Waals surface area contributed by atoms with Gasteiger partial charge in [-0.1, -0.05) is 0 Å². The molecule has 1 saturated heterocycles. The second-order valence-electron chi connectivity index (χ2n) is 4.69. The topological polar surface area (TPSA) is 15.3 Å². The van der Waals surface area contributed by atoms with Crippen molar-refractivity contribution in [3.05, 3.63) is 35.4 Å². The maximum Gasteiger partial charge on any atom is 0.127 e. The number of benzene rings is 1. The smallest absolute Gasteiger partial charge is 0.127 e. The molecule has 2 rings (SSSR count). The Morgan fingerprint density at radius 1 is 1.29 bits per heavy atom. The van der Waals surface area contributed by atoms with Crippen LogP contribution in [0, 0.1) is 11.6 Å². The third kappa shape index (κ3) is 3.48. The molecular weight excluding hydrogens is 222 g/mol. The molecule has 17 heavy (non-hydrogen) atoms. The summed E-state index contributed by atoms with van der Waals surface area (Å²) in [6.45, 7) is 2.52. The van der Waals surface area contributed by atoms with Crippen molar-refractivity contribution in [1.82, 2.24) is 10.2 Å². The van der Waals surface area contributed by atoms with Gasteiger partial charge in [-0.2, -0.15) is 0 Å². The Hall–Kier alpha value is -1.00. The van der Waals surface area contributed by atoms with Gasteiger partial charge in [-0.25, -0.2) is 8.78 Å². The number of rotatable bonds is 3. The van der Waals surface area contributed by atoms with E-state index in [1.54, 1.807) is 0 Å². The highest BCUT2D eigenvalue weighted by atomic mass is 19.1. The molecule has 0 spiro atoms. The number of likely N-dealkylation sites (tertiary alicyclic amines) is 1. The standard InChI is InChI=1S/C13H18F2N2/c1-17-6-4-12(5-7-17)16-9-10-8-11(14)2-3-13(10)15/h2-3,8,12,16H,4-7,9H2,1H3. The van der Waals surface area contributed by atoms with E-state index in [1.165, 1.54) is 12.1 Å². The third-order valence-corrected chi connectivity index (χ3v) is 3.31. The van der Waals surface area contributed by atoms with Gasteiger partial charge in [-0.3, -0.25) is 0 Å². The number of nitrogens with one attached hydrogen (secondary N) is 1. The monoisotopic (exact) mass is 240 g/mol. The normalized spacial score (nSPS) is 18.5. The first-order valence-corrected chi connectivity index (χ1v) is 6.01. The van der Waals surface area contributed by atoms with Crippen LogP contribution in [0.1, 0.15) is 18.4 Å². The van der Waals surface area contributed by atoms with Gasteiger partial charge in [-0.15, -0.1) is 0 Å². The lowest BCUT2D eigenvalue weighted by atomic mass is 10.1. The minimum absolute atomic E-state index is 0.341. The summed E-state index contributed by atoms with van der Waals surface area (Å²) in [6, 6.07) is 4.00. The quantitative estimate of drug-likeness (QED) is 0.871. The molecule has 1 aliphatic rings. The third-order valence-electron chi connectivity index (χ3n) is 3.31. The van der Waals surface area contributed by atoms with Gasteiger partial charge in [0.25, 0.3) is 0 Å². The average Bonchev–Trinajstić information content (AvgIpc) is 2.32. The van der Waals surface area contributed by atoms with E-state index in [9.17, 15) is 8.78 Å². The zero-order chi connectivity index (χ0) is 12.3. The first-order valence-electron chi connectivity index (χ1n) is 6.01. The first-order chi connectivity index (χ1) is 8.15. The molecule has 0 radical (unpaired) electrons. The van der Waals surface area contributed by atoms with Crippen molar-refractivity contribution in [2.24, 2.45) is 0 Å². The van der Waals surface area contributed by atoms with Crippen LogP contribution >= 0.6 is 0 Å². The molecule has 2 nitrogen and oxygen atoms in total. The molecule has 1 fully saturated rings. The van der Waals surface area contributed by atoms with E-state index in [0.29, 0.717) is 18.2 Å². The lowest BCUT2D eigenvalue weighted by molar-refractivity contribution is 0.233. The van der Waals surface area contributed by atoms with Crippen molar-refractivity contribution >= 4 is 0 Å². The Kier molecular flexibility index (Phi) is 4.07. The van der Waals surface area contributed by atoms with Gasteiger partial charge in [0.1, 0.15) is 11.6 Å². The second kappa shape index (κ2) is 5.56. The van der Waals surface area contributed by atoms with E-state index < -0.39 is 0 Å². The van der Waals surface area contributed by atoms with Gasteiger partial charge < -0.3 is 10.2 Å². The molecule has 1 heterocycles. The molecule has 0 aromatic heterocycles. The highest BCUT2D eigenvalue weighted by Gasteiger charge is 2.16.